The van der Waals surface area contributed by atoms with E-state index in [1.54, 1.807) is 0 Å². The fraction of sp³-hybridized carbons (Fsp3) is 0.682. The fourth-order valence-corrected chi connectivity index (χ4v) is 4.00. The molecule has 158 valence electrons. The first-order valence-corrected chi connectivity index (χ1v) is 12.0. The normalized spacial score (nSPS) is 20.9. The van der Waals surface area contributed by atoms with E-state index in [0.717, 1.165) is 38.7 Å². The van der Waals surface area contributed by atoms with Crippen LogP contribution < -0.4 is 10.6 Å². The van der Waals surface area contributed by atoms with Gasteiger partial charge in [0.15, 0.2) is 5.96 Å². The van der Waals surface area contributed by atoms with E-state index in [1.807, 2.05) is 11.8 Å². The standard InChI is InChI=1S/C22H38N4OS/c1-5-23-22(24-12-6-7-13-28-4)25-14-20-8-10-21(11-9-20)17-26-15-18(2)27-19(3)16-26/h8-11,18-19H,5-7,12-17H2,1-4H3,(H2,23,24,25). The molecule has 0 aliphatic carbocycles. The van der Waals surface area contributed by atoms with Crippen LogP contribution in [0.2, 0.25) is 0 Å². The molecule has 0 aromatic heterocycles. The monoisotopic (exact) mass is 406 g/mol. The number of nitrogens with zero attached hydrogens (tertiary/aromatic N) is 2. The minimum absolute atomic E-state index is 0.315. The van der Waals surface area contributed by atoms with E-state index >= 15 is 0 Å². The molecule has 2 atom stereocenters. The largest absolute Gasteiger partial charge is 0.373 e. The van der Waals surface area contributed by atoms with Gasteiger partial charge in [-0.3, -0.25) is 4.90 Å². The van der Waals surface area contributed by atoms with E-state index in [9.17, 15) is 0 Å². The maximum Gasteiger partial charge on any atom is 0.191 e. The van der Waals surface area contributed by atoms with Crippen molar-refractivity contribution in [3.05, 3.63) is 35.4 Å². The lowest BCUT2D eigenvalue weighted by Crippen LogP contribution is -2.44. The summed E-state index contributed by atoms with van der Waals surface area (Å²) < 4.78 is 5.83. The van der Waals surface area contributed by atoms with Gasteiger partial charge < -0.3 is 15.4 Å². The molecule has 0 spiro atoms. The Morgan fingerprint density at radius 2 is 1.79 bits per heavy atom. The summed E-state index contributed by atoms with van der Waals surface area (Å²) >= 11 is 1.91. The Morgan fingerprint density at radius 1 is 1.11 bits per heavy atom. The van der Waals surface area contributed by atoms with Crippen molar-refractivity contribution in [2.75, 3.05) is 38.2 Å². The predicted octanol–water partition coefficient (Wildman–Crippen LogP) is 3.49. The van der Waals surface area contributed by atoms with Crippen LogP contribution in [-0.2, 0) is 17.8 Å². The molecule has 28 heavy (non-hydrogen) atoms. The van der Waals surface area contributed by atoms with Crippen LogP contribution >= 0.6 is 11.8 Å². The van der Waals surface area contributed by atoms with Gasteiger partial charge in [-0.25, -0.2) is 4.99 Å². The number of thioether (sulfide) groups is 1. The van der Waals surface area contributed by atoms with Crippen LogP contribution in [0.25, 0.3) is 0 Å². The first kappa shape index (κ1) is 23.0. The number of ether oxygens (including phenoxy) is 1. The summed E-state index contributed by atoms with van der Waals surface area (Å²) in [7, 11) is 0. The number of nitrogens with one attached hydrogen (secondary N) is 2. The van der Waals surface area contributed by atoms with Crippen molar-refractivity contribution in [1.29, 1.82) is 0 Å². The number of benzene rings is 1. The van der Waals surface area contributed by atoms with Gasteiger partial charge in [0.05, 0.1) is 18.8 Å². The van der Waals surface area contributed by atoms with Gasteiger partial charge in [-0.2, -0.15) is 11.8 Å². The summed E-state index contributed by atoms with van der Waals surface area (Å²) in [5, 5.41) is 6.77. The van der Waals surface area contributed by atoms with Gasteiger partial charge in [0.1, 0.15) is 0 Å². The van der Waals surface area contributed by atoms with E-state index in [1.165, 1.54) is 29.7 Å². The summed E-state index contributed by atoms with van der Waals surface area (Å²) in [6.45, 7) is 12.0. The average Bonchev–Trinajstić information content (AvgIpc) is 2.66. The maximum atomic E-state index is 5.83. The molecule has 2 rings (SSSR count). The SMILES string of the molecule is CCNC(=NCc1ccc(CN2CC(C)OC(C)C2)cc1)NCCCCSC. The molecule has 2 unspecified atom stereocenters. The van der Waals surface area contributed by atoms with Crippen molar-refractivity contribution in [2.24, 2.45) is 4.99 Å². The van der Waals surface area contributed by atoms with E-state index in [4.69, 9.17) is 9.73 Å². The number of rotatable bonds is 10. The van der Waals surface area contributed by atoms with Crippen LogP contribution in [0.4, 0.5) is 0 Å². The predicted molar refractivity (Wildman–Crippen MR) is 122 cm³/mol. The second-order valence-corrected chi connectivity index (χ2v) is 8.58. The van der Waals surface area contributed by atoms with Gasteiger partial charge in [0, 0.05) is 32.7 Å². The summed E-state index contributed by atoms with van der Waals surface area (Å²) in [6, 6.07) is 8.87. The van der Waals surface area contributed by atoms with E-state index in [2.05, 4.69) is 66.8 Å². The van der Waals surface area contributed by atoms with Crippen molar-refractivity contribution in [3.8, 4) is 0 Å². The molecule has 0 amide bonds. The minimum atomic E-state index is 0.315. The van der Waals surface area contributed by atoms with Gasteiger partial charge in [-0.05, 0) is 56.7 Å². The number of hydrogen-bond acceptors (Lipinski definition) is 4. The van der Waals surface area contributed by atoms with Crippen molar-refractivity contribution in [1.82, 2.24) is 15.5 Å². The first-order valence-electron chi connectivity index (χ1n) is 10.6. The van der Waals surface area contributed by atoms with Crippen LogP contribution in [0.5, 0.6) is 0 Å². The highest BCUT2D eigenvalue weighted by Gasteiger charge is 2.21. The molecule has 0 radical (unpaired) electrons. The highest BCUT2D eigenvalue weighted by Crippen LogP contribution is 2.15. The van der Waals surface area contributed by atoms with E-state index in [-0.39, 0.29) is 0 Å². The molecular weight excluding hydrogens is 368 g/mol. The molecule has 1 aliphatic heterocycles. The summed E-state index contributed by atoms with van der Waals surface area (Å²) in [4.78, 5) is 7.21. The summed E-state index contributed by atoms with van der Waals surface area (Å²) in [5.41, 5.74) is 2.60. The first-order chi connectivity index (χ1) is 13.6. The highest BCUT2D eigenvalue weighted by molar-refractivity contribution is 7.98. The molecule has 2 N–H and O–H groups in total. The van der Waals surface area contributed by atoms with Crippen molar-refractivity contribution in [2.45, 2.75) is 58.9 Å². The lowest BCUT2D eigenvalue weighted by Gasteiger charge is -2.35. The van der Waals surface area contributed by atoms with Crippen LogP contribution in [0.3, 0.4) is 0 Å². The van der Waals surface area contributed by atoms with Gasteiger partial charge in [0.25, 0.3) is 0 Å². The fourth-order valence-electron chi connectivity index (χ4n) is 3.51. The van der Waals surface area contributed by atoms with E-state index < -0.39 is 0 Å². The Balaban J connectivity index is 1.81. The quantitative estimate of drug-likeness (QED) is 0.354. The third-order valence-corrected chi connectivity index (χ3v) is 5.45. The maximum absolute atomic E-state index is 5.83. The molecule has 1 fully saturated rings. The Morgan fingerprint density at radius 3 is 2.43 bits per heavy atom. The molecule has 1 aromatic carbocycles. The van der Waals surface area contributed by atoms with Crippen LogP contribution in [-0.4, -0.2) is 61.3 Å². The van der Waals surface area contributed by atoms with Gasteiger partial charge in [-0.15, -0.1) is 0 Å². The van der Waals surface area contributed by atoms with Crippen molar-refractivity contribution >= 4 is 17.7 Å². The van der Waals surface area contributed by atoms with Gasteiger partial charge >= 0.3 is 0 Å². The minimum Gasteiger partial charge on any atom is -0.373 e. The van der Waals surface area contributed by atoms with E-state index in [0.29, 0.717) is 18.8 Å². The second kappa shape index (κ2) is 13.1. The Kier molecular flexibility index (Phi) is 10.8. The Labute approximate surface area is 175 Å². The molecule has 1 saturated heterocycles. The molecule has 0 bridgehead atoms. The molecule has 5 nitrogen and oxygen atoms in total. The third-order valence-electron chi connectivity index (χ3n) is 4.76. The second-order valence-electron chi connectivity index (χ2n) is 7.59. The topological polar surface area (TPSA) is 48.9 Å². The zero-order chi connectivity index (χ0) is 20.2. The Bertz CT molecular complexity index is 568. The van der Waals surface area contributed by atoms with Gasteiger partial charge in [-0.1, -0.05) is 24.3 Å². The van der Waals surface area contributed by atoms with Crippen LogP contribution in [0.1, 0.15) is 44.7 Å². The molecule has 1 aliphatic rings. The molecule has 0 saturated carbocycles. The number of hydrogen-bond donors (Lipinski definition) is 2. The molecule has 1 aromatic rings. The Hall–Kier alpha value is -1.24. The smallest absolute Gasteiger partial charge is 0.191 e. The highest BCUT2D eigenvalue weighted by atomic mass is 32.2. The number of aliphatic imine (C=N–C) groups is 1. The molecule has 6 heteroatoms. The van der Waals surface area contributed by atoms with Crippen LogP contribution in [0.15, 0.2) is 29.3 Å². The van der Waals surface area contributed by atoms with Crippen molar-refractivity contribution in [3.63, 3.8) is 0 Å². The molecule has 1 heterocycles. The zero-order valence-electron chi connectivity index (χ0n) is 18.0. The number of unbranched alkanes of at least 4 members (excludes halogenated alkanes) is 1. The lowest BCUT2D eigenvalue weighted by atomic mass is 10.1. The van der Waals surface area contributed by atoms with Crippen LogP contribution in [0, 0.1) is 0 Å². The summed E-state index contributed by atoms with van der Waals surface area (Å²) in [5.74, 6) is 2.14. The lowest BCUT2D eigenvalue weighted by molar-refractivity contribution is -0.0704. The van der Waals surface area contributed by atoms with Gasteiger partial charge in [0.2, 0.25) is 0 Å². The zero-order valence-corrected chi connectivity index (χ0v) is 18.9. The number of guanidine groups is 1. The van der Waals surface area contributed by atoms with Crippen molar-refractivity contribution < 1.29 is 4.74 Å². The third kappa shape index (κ3) is 8.84. The number of morpholine rings is 1. The average molecular weight is 407 g/mol. The molecular formula is C22H38N4OS. The summed E-state index contributed by atoms with van der Waals surface area (Å²) in [6.07, 6.45) is 5.21.